The van der Waals surface area contributed by atoms with Crippen molar-refractivity contribution in [3.63, 3.8) is 0 Å². The molecule has 10 nitrogen and oxygen atoms in total. The number of methoxy groups -OCH3 is 1. The number of aromatic nitrogens is 3. The molecule has 0 radical (unpaired) electrons. The number of aryl methyl sites for hydroxylation is 1. The van der Waals surface area contributed by atoms with Gasteiger partial charge in [0.15, 0.2) is 0 Å². The number of pyridine rings is 1. The van der Waals surface area contributed by atoms with Crippen LogP contribution in [0.2, 0.25) is 5.02 Å². The first-order valence-electron chi connectivity index (χ1n) is 12.0. The van der Waals surface area contributed by atoms with Crippen molar-refractivity contribution >= 4 is 50.0 Å². The minimum absolute atomic E-state index is 0.0398. The number of carbonyl (C=O) groups is 2. The quantitative estimate of drug-likeness (QED) is 0.405. The van der Waals surface area contributed by atoms with Crippen molar-refractivity contribution in [2.75, 3.05) is 43.7 Å². The highest BCUT2D eigenvalue weighted by molar-refractivity contribution is 7.90. The summed E-state index contributed by atoms with van der Waals surface area (Å²) in [7, 11) is -1.57. The monoisotopic (exact) mass is 545 g/mol. The van der Waals surface area contributed by atoms with Crippen molar-refractivity contribution in [3.05, 3.63) is 53.1 Å². The molecule has 0 atom stereocenters. The average molecular weight is 546 g/mol. The van der Waals surface area contributed by atoms with E-state index >= 15 is 0 Å². The van der Waals surface area contributed by atoms with Gasteiger partial charge >= 0.3 is 0 Å². The summed E-state index contributed by atoms with van der Waals surface area (Å²) < 4.78 is 30.4. The van der Waals surface area contributed by atoms with Gasteiger partial charge in [0.25, 0.3) is 0 Å². The molecule has 3 aromatic rings. The molecule has 2 amide bonds. The number of imidazole rings is 1. The number of rotatable bonds is 9. The van der Waals surface area contributed by atoms with Crippen LogP contribution in [0, 0.1) is 0 Å². The van der Waals surface area contributed by atoms with E-state index in [9.17, 15) is 18.0 Å². The van der Waals surface area contributed by atoms with Gasteiger partial charge in [-0.1, -0.05) is 11.6 Å². The number of hydrogen-bond acceptors (Lipinski definition) is 7. The summed E-state index contributed by atoms with van der Waals surface area (Å²) in [6.07, 6.45) is 5.22. The highest BCUT2D eigenvalue weighted by atomic mass is 35.5. The molecule has 1 aromatic carbocycles. The molecule has 196 valence electrons. The Hall–Kier alpha value is -3.02. The number of amides is 2. The summed E-state index contributed by atoms with van der Waals surface area (Å²) in [5.74, 6) is 0.522. The number of likely N-dealkylation sites (tertiary alicyclic amines) is 1. The first-order valence-corrected chi connectivity index (χ1v) is 14.4. The Morgan fingerprint density at radius 3 is 2.76 bits per heavy atom. The van der Waals surface area contributed by atoms with Gasteiger partial charge in [0.1, 0.15) is 21.1 Å². The zero-order valence-corrected chi connectivity index (χ0v) is 22.3. The molecule has 0 N–H and O–H groups in total. The van der Waals surface area contributed by atoms with Crippen LogP contribution in [0.1, 0.15) is 24.2 Å². The molecular formula is C25H28ClN5O5S. The minimum Gasteiger partial charge on any atom is -0.384 e. The van der Waals surface area contributed by atoms with Crippen molar-refractivity contribution in [3.8, 4) is 0 Å². The summed E-state index contributed by atoms with van der Waals surface area (Å²) in [5.41, 5.74) is 2.24. The number of nitrogens with zero attached hydrogens (tertiary/aromatic N) is 5. The average Bonchev–Trinajstić information content (AvgIpc) is 3.28. The van der Waals surface area contributed by atoms with E-state index in [1.807, 2.05) is 16.7 Å². The van der Waals surface area contributed by atoms with Crippen LogP contribution in [0.25, 0.3) is 11.0 Å². The third-order valence-electron chi connectivity index (χ3n) is 7.04. The molecule has 4 heterocycles. The smallest absolute Gasteiger partial charge is 0.241 e. The molecule has 0 saturated carbocycles. The number of ether oxygens (including phenoxy) is 1. The molecule has 0 aliphatic carbocycles. The summed E-state index contributed by atoms with van der Waals surface area (Å²) in [5, 5.41) is 0.543. The standard InChI is InChI=1S/C25H28ClN5O5S/c1-36-10-7-23(32)29-15-25(16-29)18-6-8-27-13-21(18)31(24(25)33)14-22-28-19-5-4-17(26)12-20(19)30(22)9-3-11-37(2,34)35/h4-6,8,12-13H,3,7,9-11,14-16H2,1-2H3. The summed E-state index contributed by atoms with van der Waals surface area (Å²) in [4.78, 5) is 38.8. The van der Waals surface area contributed by atoms with E-state index in [0.29, 0.717) is 54.7 Å². The van der Waals surface area contributed by atoms with E-state index < -0.39 is 15.3 Å². The van der Waals surface area contributed by atoms with Crippen molar-refractivity contribution in [2.45, 2.75) is 31.3 Å². The number of carbonyl (C=O) groups excluding carboxylic acids is 2. The van der Waals surface area contributed by atoms with Gasteiger partial charge in [-0.05, 0) is 36.2 Å². The number of benzene rings is 1. The maximum Gasteiger partial charge on any atom is 0.241 e. The predicted octanol–water partition coefficient (Wildman–Crippen LogP) is 2.18. The number of halogens is 1. The Morgan fingerprint density at radius 1 is 1.24 bits per heavy atom. The van der Waals surface area contributed by atoms with E-state index in [1.165, 1.54) is 6.26 Å². The van der Waals surface area contributed by atoms with Gasteiger partial charge in [0.05, 0.1) is 48.2 Å². The Morgan fingerprint density at radius 2 is 2.03 bits per heavy atom. The molecule has 0 bridgehead atoms. The summed E-state index contributed by atoms with van der Waals surface area (Å²) in [6.45, 7) is 1.54. The Labute approximate surface area is 220 Å². The molecule has 12 heteroatoms. The maximum atomic E-state index is 13.9. The molecule has 2 aliphatic heterocycles. The molecule has 0 unspecified atom stereocenters. The highest BCUT2D eigenvalue weighted by Gasteiger charge is 2.59. The topological polar surface area (TPSA) is 115 Å². The fourth-order valence-electron chi connectivity index (χ4n) is 5.22. The van der Waals surface area contributed by atoms with Gasteiger partial charge in [-0.25, -0.2) is 13.4 Å². The van der Waals surface area contributed by atoms with Crippen LogP contribution in [0.5, 0.6) is 0 Å². The lowest BCUT2D eigenvalue weighted by Gasteiger charge is -2.46. The molecule has 37 heavy (non-hydrogen) atoms. The van der Waals surface area contributed by atoms with Crippen molar-refractivity contribution in [2.24, 2.45) is 0 Å². The van der Waals surface area contributed by atoms with Crippen molar-refractivity contribution < 1.29 is 22.7 Å². The summed E-state index contributed by atoms with van der Waals surface area (Å²) in [6, 6.07) is 7.21. The zero-order valence-electron chi connectivity index (χ0n) is 20.7. The van der Waals surface area contributed by atoms with E-state index in [4.69, 9.17) is 21.3 Å². The molecular weight excluding hydrogens is 518 g/mol. The molecule has 1 spiro atoms. The second kappa shape index (κ2) is 9.70. The van der Waals surface area contributed by atoms with Gasteiger partial charge in [-0.2, -0.15) is 0 Å². The summed E-state index contributed by atoms with van der Waals surface area (Å²) >= 11 is 6.25. The SMILES string of the molecule is COCCC(=O)N1CC2(C1)C(=O)N(Cc1nc3ccc(Cl)cc3n1CCCS(C)(=O)=O)c1cnccc12. The predicted molar refractivity (Wildman–Crippen MR) is 139 cm³/mol. The van der Waals surface area contributed by atoms with Gasteiger partial charge < -0.3 is 19.1 Å². The zero-order chi connectivity index (χ0) is 26.4. The van der Waals surface area contributed by atoms with Crippen LogP contribution in [-0.2, 0) is 42.7 Å². The Bertz CT molecular complexity index is 1480. The van der Waals surface area contributed by atoms with E-state index in [2.05, 4.69) is 4.98 Å². The molecule has 1 fully saturated rings. The number of anilines is 1. The normalized spacial score (nSPS) is 16.5. The van der Waals surface area contributed by atoms with Gasteiger partial charge in [-0.3, -0.25) is 14.6 Å². The minimum atomic E-state index is -3.12. The number of hydrogen-bond donors (Lipinski definition) is 0. The Kier molecular flexibility index (Phi) is 6.71. The second-order valence-electron chi connectivity index (χ2n) is 9.65. The lowest BCUT2D eigenvalue weighted by atomic mass is 9.74. The fraction of sp³-hybridized carbons (Fsp3) is 0.440. The fourth-order valence-corrected chi connectivity index (χ4v) is 6.04. The lowest BCUT2D eigenvalue weighted by Crippen LogP contribution is -2.65. The molecule has 5 rings (SSSR count). The third-order valence-corrected chi connectivity index (χ3v) is 8.31. The van der Waals surface area contributed by atoms with Crippen LogP contribution < -0.4 is 4.90 Å². The van der Waals surface area contributed by atoms with Gasteiger partial charge in [0, 0.05) is 44.2 Å². The van der Waals surface area contributed by atoms with Crippen molar-refractivity contribution in [1.29, 1.82) is 0 Å². The van der Waals surface area contributed by atoms with Crippen LogP contribution in [0.3, 0.4) is 0 Å². The van der Waals surface area contributed by atoms with Gasteiger partial charge in [0.2, 0.25) is 11.8 Å². The Balaban J connectivity index is 1.45. The largest absolute Gasteiger partial charge is 0.384 e. The first kappa shape index (κ1) is 25.6. The van der Waals surface area contributed by atoms with Crippen LogP contribution >= 0.6 is 11.6 Å². The molecule has 1 saturated heterocycles. The third kappa shape index (κ3) is 4.71. The molecule has 2 aliphatic rings. The van der Waals surface area contributed by atoms with Crippen LogP contribution in [-0.4, -0.2) is 78.5 Å². The van der Waals surface area contributed by atoms with E-state index in [1.54, 1.807) is 41.4 Å². The van der Waals surface area contributed by atoms with Crippen molar-refractivity contribution in [1.82, 2.24) is 19.4 Å². The number of fused-ring (bicyclic) bond motifs is 3. The van der Waals surface area contributed by atoms with Gasteiger partial charge in [-0.15, -0.1) is 0 Å². The van der Waals surface area contributed by atoms with E-state index in [-0.39, 0.29) is 30.5 Å². The van der Waals surface area contributed by atoms with E-state index in [0.717, 1.165) is 11.1 Å². The highest BCUT2D eigenvalue weighted by Crippen LogP contribution is 2.47. The van der Waals surface area contributed by atoms with Crippen LogP contribution in [0.4, 0.5) is 5.69 Å². The lowest BCUT2D eigenvalue weighted by molar-refractivity contribution is -0.144. The second-order valence-corrected chi connectivity index (χ2v) is 12.4. The number of sulfone groups is 1. The first-order chi connectivity index (χ1) is 17.6. The molecule has 2 aromatic heterocycles. The maximum absolute atomic E-state index is 13.9. The van der Waals surface area contributed by atoms with Crippen LogP contribution in [0.15, 0.2) is 36.7 Å².